The lowest BCUT2D eigenvalue weighted by Gasteiger charge is -2.17. The van der Waals surface area contributed by atoms with Crippen molar-refractivity contribution >= 4 is 11.9 Å². The Kier molecular flexibility index (Phi) is 4.90. The molecule has 1 aromatic carbocycles. The minimum atomic E-state index is -1.11. The van der Waals surface area contributed by atoms with Gasteiger partial charge in [0, 0.05) is 13.0 Å². The smallest absolute Gasteiger partial charge is 0.326 e. The minimum absolute atomic E-state index is 0.128. The van der Waals surface area contributed by atoms with Crippen molar-refractivity contribution in [3.8, 4) is 6.07 Å². The van der Waals surface area contributed by atoms with E-state index in [2.05, 4.69) is 5.32 Å². The summed E-state index contributed by atoms with van der Waals surface area (Å²) in [6.45, 7) is 0.528. The van der Waals surface area contributed by atoms with Gasteiger partial charge in [0.05, 0.1) is 11.6 Å². The van der Waals surface area contributed by atoms with E-state index < -0.39 is 24.0 Å². The van der Waals surface area contributed by atoms with E-state index in [0.717, 1.165) is 6.42 Å². The van der Waals surface area contributed by atoms with Crippen LogP contribution in [0.4, 0.5) is 0 Å². The zero-order valence-corrected chi connectivity index (χ0v) is 11.4. The molecular formula is C15H16N2O4. The number of hydrogen-bond donors (Lipinski definition) is 2. The van der Waals surface area contributed by atoms with Gasteiger partial charge in [-0.3, -0.25) is 4.79 Å². The molecule has 1 aromatic rings. The van der Waals surface area contributed by atoms with E-state index in [4.69, 9.17) is 10.00 Å². The number of nitrogens with one attached hydrogen (secondary N) is 1. The van der Waals surface area contributed by atoms with Crippen LogP contribution in [0.5, 0.6) is 0 Å². The Hall–Kier alpha value is -2.39. The fourth-order valence-corrected chi connectivity index (χ4v) is 2.25. The summed E-state index contributed by atoms with van der Waals surface area (Å²) < 4.78 is 5.23. The number of carboxylic acids is 1. The van der Waals surface area contributed by atoms with E-state index in [0.29, 0.717) is 24.2 Å². The van der Waals surface area contributed by atoms with Gasteiger partial charge in [0.1, 0.15) is 12.1 Å². The lowest BCUT2D eigenvalue weighted by Crippen LogP contribution is -2.46. The van der Waals surface area contributed by atoms with Gasteiger partial charge in [0.15, 0.2) is 0 Å². The average molecular weight is 288 g/mol. The number of aliphatic carboxylic acids is 1. The molecule has 1 aliphatic heterocycles. The Morgan fingerprint density at radius 3 is 2.95 bits per heavy atom. The summed E-state index contributed by atoms with van der Waals surface area (Å²) in [6, 6.07) is 7.65. The van der Waals surface area contributed by atoms with E-state index >= 15 is 0 Å². The average Bonchev–Trinajstić information content (AvgIpc) is 3.01. The summed E-state index contributed by atoms with van der Waals surface area (Å²) in [5, 5.41) is 20.6. The molecule has 2 N–H and O–H groups in total. The highest BCUT2D eigenvalue weighted by Crippen LogP contribution is 2.13. The molecule has 110 valence electrons. The zero-order valence-electron chi connectivity index (χ0n) is 11.4. The van der Waals surface area contributed by atoms with E-state index in [1.807, 2.05) is 6.07 Å². The van der Waals surface area contributed by atoms with Crippen LogP contribution in [0.25, 0.3) is 0 Å². The Morgan fingerprint density at radius 1 is 1.52 bits per heavy atom. The molecule has 1 amide bonds. The molecule has 1 fully saturated rings. The van der Waals surface area contributed by atoms with Gasteiger partial charge in [-0.2, -0.15) is 5.26 Å². The van der Waals surface area contributed by atoms with Gasteiger partial charge in [0.2, 0.25) is 5.91 Å². The van der Waals surface area contributed by atoms with Crippen molar-refractivity contribution in [3.63, 3.8) is 0 Å². The van der Waals surface area contributed by atoms with Crippen LogP contribution in [0.1, 0.15) is 24.0 Å². The third-order valence-corrected chi connectivity index (χ3v) is 3.33. The van der Waals surface area contributed by atoms with Gasteiger partial charge in [-0.1, -0.05) is 12.1 Å². The lowest BCUT2D eigenvalue weighted by molar-refractivity contribution is -0.143. The molecule has 0 aliphatic carbocycles. The van der Waals surface area contributed by atoms with Crippen molar-refractivity contribution in [1.29, 1.82) is 5.26 Å². The first-order chi connectivity index (χ1) is 10.1. The van der Waals surface area contributed by atoms with Gasteiger partial charge < -0.3 is 15.2 Å². The standard InChI is InChI=1S/C15H16N2O4/c16-9-11-4-1-3-10(7-11)8-12(15(19)20)17-14(18)13-5-2-6-21-13/h1,3-4,7,12-13H,2,5-6,8H2,(H,17,18)(H,19,20)/t12-,13-/m0/s1. The molecule has 0 radical (unpaired) electrons. The maximum absolute atomic E-state index is 11.9. The second-order valence-electron chi connectivity index (χ2n) is 4.92. The molecule has 1 heterocycles. The molecule has 21 heavy (non-hydrogen) atoms. The molecule has 0 saturated carbocycles. The fraction of sp³-hybridized carbons (Fsp3) is 0.400. The monoisotopic (exact) mass is 288 g/mol. The maximum atomic E-state index is 11.9. The first-order valence-corrected chi connectivity index (χ1v) is 6.74. The van der Waals surface area contributed by atoms with Crippen molar-refractivity contribution in [2.24, 2.45) is 0 Å². The molecule has 6 nitrogen and oxygen atoms in total. The van der Waals surface area contributed by atoms with Crippen molar-refractivity contribution < 1.29 is 19.4 Å². The zero-order chi connectivity index (χ0) is 15.2. The number of rotatable bonds is 5. The largest absolute Gasteiger partial charge is 0.480 e. The van der Waals surface area contributed by atoms with Crippen LogP contribution < -0.4 is 5.32 Å². The van der Waals surface area contributed by atoms with Gasteiger partial charge in [-0.25, -0.2) is 4.79 Å². The van der Waals surface area contributed by atoms with E-state index in [9.17, 15) is 14.7 Å². The maximum Gasteiger partial charge on any atom is 0.326 e. The topological polar surface area (TPSA) is 99.4 Å². The van der Waals surface area contributed by atoms with Crippen LogP contribution >= 0.6 is 0 Å². The molecule has 0 bridgehead atoms. The number of ether oxygens (including phenoxy) is 1. The molecule has 1 aliphatic rings. The van der Waals surface area contributed by atoms with Crippen LogP contribution in [0, 0.1) is 11.3 Å². The quantitative estimate of drug-likeness (QED) is 0.836. The highest BCUT2D eigenvalue weighted by molar-refractivity contribution is 5.86. The van der Waals surface area contributed by atoms with Gasteiger partial charge in [0.25, 0.3) is 0 Å². The molecule has 0 unspecified atom stereocenters. The second-order valence-corrected chi connectivity index (χ2v) is 4.92. The number of amides is 1. The Bertz CT molecular complexity index is 573. The molecule has 2 rings (SSSR count). The predicted molar refractivity (Wildman–Crippen MR) is 73.4 cm³/mol. The third kappa shape index (κ3) is 4.04. The van der Waals surface area contributed by atoms with Crippen LogP contribution in [0.2, 0.25) is 0 Å². The molecule has 0 spiro atoms. The predicted octanol–water partition coefficient (Wildman–Crippen LogP) is 0.849. The molecule has 2 atom stereocenters. The number of carbonyl (C=O) groups excluding carboxylic acids is 1. The second kappa shape index (κ2) is 6.86. The number of nitriles is 1. The number of benzene rings is 1. The van der Waals surface area contributed by atoms with Crippen LogP contribution in [0.15, 0.2) is 24.3 Å². The van der Waals surface area contributed by atoms with Crippen molar-refractivity contribution in [1.82, 2.24) is 5.32 Å². The van der Waals surface area contributed by atoms with Crippen molar-refractivity contribution in [2.75, 3.05) is 6.61 Å². The summed E-state index contributed by atoms with van der Waals surface area (Å²) in [4.78, 5) is 23.2. The Balaban J connectivity index is 2.03. The van der Waals surface area contributed by atoms with Crippen molar-refractivity contribution in [3.05, 3.63) is 35.4 Å². The molecule has 0 aromatic heterocycles. The lowest BCUT2D eigenvalue weighted by atomic mass is 10.0. The molecule has 1 saturated heterocycles. The van der Waals surface area contributed by atoms with E-state index in [1.54, 1.807) is 24.3 Å². The normalized spacial score (nSPS) is 18.7. The van der Waals surface area contributed by atoms with Gasteiger partial charge in [-0.05, 0) is 30.5 Å². The third-order valence-electron chi connectivity index (χ3n) is 3.33. The van der Waals surface area contributed by atoms with Crippen LogP contribution in [-0.4, -0.2) is 35.7 Å². The SMILES string of the molecule is N#Cc1cccc(C[C@H](NC(=O)[C@@H]2CCCO2)C(=O)O)c1. The Morgan fingerprint density at radius 2 is 2.33 bits per heavy atom. The molecular weight excluding hydrogens is 272 g/mol. The fourth-order valence-electron chi connectivity index (χ4n) is 2.25. The van der Waals surface area contributed by atoms with Gasteiger partial charge in [-0.15, -0.1) is 0 Å². The summed E-state index contributed by atoms with van der Waals surface area (Å²) in [6.07, 6.45) is 0.989. The highest BCUT2D eigenvalue weighted by Gasteiger charge is 2.28. The summed E-state index contributed by atoms with van der Waals surface area (Å²) >= 11 is 0. The first-order valence-electron chi connectivity index (χ1n) is 6.74. The van der Waals surface area contributed by atoms with E-state index in [1.165, 1.54) is 0 Å². The summed E-state index contributed by atoms with van der Waals surface area (Å²) in [7, 11) is 0. The summed E-state index contributed by atoms with van der Waals surface area (Å²) in [5.74, 6) is -1.50. The van der Waals surface area contributed by atoms with Crippen LogP contribution in [-0.2, 0) is 20.7 Å². The first kappa shape index (κ1) is 15.0. The van der Waals surface area contributed by atoms with Crippen LogP contribution in [0.3, 0.4) is 0 Å². The minimum Gasteiger partial charge on any atom is -0.480 e. The van der Waals surface area contributed by atoms with E-state index in [-0.39, 0.29) is 6.42 Å². The van der Waals surface area contributed by atoms with Crippen molar-refractivity contribution in [2.45, 2.75) is 31.4 Å². The number of nitrogens with zero attached hydrogens (tertiary/aromatic N) is 1. The summed E-state index contributed by atoms with van der Waals surface area (Å²) in [5.41, 5.74) is 1.15. The number of carboxylic acid groups (broad SMARTS) is 1. The van der Waals surface area contributed by atoms with Gasteiger partial charge >= 0.3 is 5.97 Å². The highest BCUT2D eigenvalue weighted by atomic mass is 16.5. The number of carbonyl (C=O) groups is 2. The molecule has 6 heteroatoms. The number of hydrogen-bond acceptors (Lipinski definition) is 4. The Labute approximate surface area is 122 Å².